The quantitative estimate of drug-likeness (QED) is 0.381. The molecule has 2 aromatic carbocycles. The molecule has 1 saturated heterocycles. The van der Waals surface area contributed by atoms with E-state index in [1.165, 1.54) is 43.3 Å². The molecule has 1 aliphatic heterocycles. The van der Waals surface area contributed by atoms with E-state index in [1.807, 2.05) is 43.5 Å². The van der Waals surface area contributed by atoms with Crippen LogP contribution in [0.5, 0.6) is 11.5 Å². The largest absolute Gasteiger partial charge is 0.492 e. The first-order chi connectivity index (χ1) is 18.2. The van der Waals surface area contributed by atoms with Crippen LogP contribution < -0.4 is 14.6 Å². The maximum Gasteiger partial charge on any atom is 0.238 e. The van der Waals surface area contributed by atoms with Crippen LogP contribution in [0.25, 0.3) is 11.3 Å². The number of aromatic nitrogens is 1. The number of sulfonamides is 1. The number of primary sulfonamides is 1. The highest BCUT2D eigenvalue weighted by Crippen LogP contribution is 2.30. The average molecular weight is 557 g/mol. The van der Waals surface area contributed by atoms with Crippen LogP contribution in [0.4, 0.5) is 0 Å². The SMILES string of the molecule is CC(C)Oc1ccc(S(N)(=O)=O)cc1Cc1nc(-c2ccc(OCCN3CCN(C4CC4)CC3)cc2)cs1. The number of hydrogen-bond donors (Lipinski definition) is 1. The molecule has 0 amide bonds. The fourth-order valence-corrected chi connectivity index (χ4v) is 6.12. The third kappa shape index (κ3) is 7.12. The van der Waals surface area contributed by atoms with Gasteiger partial charge < -0.3 is 9.47 Å². The van der Waals surface area contributed by atoms with Crippen molar-refractivity contribution >= 4 is 21.4 Å². The molecule has 8 nitrogen and oxygen atoms in total. The van der Waals surface area contributed by atoms with Crippen molar-refractivity contribution in [2.45, 2.75) is 50.2 Å². The first-order valence-corrected chi connectivity index (χ1v) is 15.6. The number of rotatable bonds is 11. The standard InChI is InChI=1S/C28H36N4O4S2/c1-20(2)36-27-10-9-25(38(29,33)34)17-22(27)18-28-30-26(19-37-28)21-3-7-24(8-4-21)35-16-15-31-11-13-32(14-12-31)23-5-6-23/h3-4,7-10,17,19-20,23H,5-6,11-16,18H2,1-2H3,(H2,29,33,34). The summed E-state index contributed by atoms with van der Waals surface area (Å²) in [5.41, 5.74) is 2.62. The molecule has 1 aliphatic carbocycles. The minimum atomic E-state index is -3.81. The van der Waals surface area contributed by atoms with E-state index in [0.29, 0.717) is 18.8 Å². The number of thiazole rings is 1. The number of piperazine rings is 1. The molecule has 3 aromatic rings. The van der Waals surface area contributed by atoms with Crippen LogP contribution >= 0.6 is 11.3 Å². The molecule has 10 heteroatoms. The van der Waals surface area contributed by atoms with Crippen molar-refractivity contribution in [1.29, 1.82) is 0 Å². The Morgan fingerprint density at radius 3 is 2.47 bits per heavy atom. The number of nitrogens with zero attached hydrogens (tertiary/aromatic N) is 3. The number of nitrogens with two attached hydrogens (primary N) is 1. The summed E-state index contributed by atoms with van der Waals surface area (Å²) in [7, 11) is -3.81. The zero-order valence-corrected chi connectivity index (χ0v) is 23.6. The van der Waals surface area contributed by atoms with Crippen LogP contribution in [0.3, 0.4) is 0 Å². The Hall–Kier alpha value is -2.50. The van der Waals surface area contributed by atoms with E-state index < -0.39 is 10.0 Å². The maximum atomic E-state index is 11.9. The van der Waals surface area contributed by atoms with Crippen molar-refractivity contribution in [1.82, 2.24) is 14.8 Å². The van der Waals surface area contributed by atoms with Gasteiger partial charge in [0.15, 0.2) is 0 Å². The van der Waals surface area contributed by atoms with Gasteiger partial charge in [-0.25, -0.2) is 18.5 Å². The molecule has 38 heavy (non-hydrogen) atoms. The summed E-state index contributed by atoms with van der Waals surface area (Å²) in [4.78, 5) is 9.97. The first kappa shape index (κ1) is 27.1. The average Bonchev–Trinajstić information content (AvgIpc) is 3.63. The van der Waals surface area contributed by atoms with Crippen LogP contribution in [0.2, 0.25) is 0 Å². The molecule has 2 heterocycles. The highest BCUT2D eigenvalue weighted by atomic mass is 32.2. The summed E-state index contributed by atoms with van der Waals surface area (Å²) >= 11 is 1.53. The van der Waals surface area contributed by atoms with E-state index in [-0.39, 0.29) is 11.0 Å². The fourth-order valence-electron chi connectivity index (χ4n) is 4.73. The van der Waals surface area contributed by atoms with Crippen molar-refractivity contribution in [2.24, 2.45) is 5.14 Å². The molecule has 5 rings (SSSR count). The van der Waals surface area contributed by atoms with Gasteiger partial charge in [-0.1, -0.05) is 0 Å². The molecular weight excluding hydrogens is 520 g/mol. The lowest BCUT2D eigenvalue weighted by molar-refractivity contribution is 0.112. The topological polar surface area (TPSA) is 98.0 Å². The second-order valence-electron chi connectivity index (χ2n) is 10.3. The lowest BCUT2D eigenvalue weighted by Crippen LogP contribution is -2.48. The van der Waals surface area contributed by atoms with Crippen LogP contribution in [0, 0.1) is 0 Å². The Balaban J connectivity index is 1.17. The van der Waals surface area contributed by atoms with Gasteiger partial charge in [-0.2, -0.15) is 0 Å². The summed E-state index contributed by atoms with van der Waals surface area (Å²) in [6.45, 7) is 10.1. The van der Waals surface area contributed by atoms with E-state index in [2.05, 4.69) is 9.80 Å². The summed E-state index contributed by atoms with van der Waals surface area (Å²) in [5.74, 6) is 1.49. The lowest BCUT2D eigenvalue weighted by atomic mass is 10.1. The van der Waals surface area contributed by atoms with Gasteiger partial charge in [0.05, 0.1) is 21.7 Å². The van der Waals surface area contributed by atoms with Gasteiger partial charge in [-0.05, 0) is 69.2 Å². The summed E-state index contributed by atoms with van der Waals surface area (Å²) < 4.78 is 35.7. The van der Waals surface area contributed by atoms with Crippen LogP contribution in [0.1, 0.15) is 37.3 Å². The molecule has 0 bridgehead atoms. The van der Waals surface area contributed by atoms with Gasteiger partial charge in [0.2, 0.25) is 10.0 Å². The molecule has 1 aromatic heterocycles. The highest BCUT2D eigenvalue weighted by molar-refractivity contribution is 7.89. The Morgan fingerprint density at radius 2 is 1.82 bits per heavy atom. The molecule has 2 aliphatic rings. The van der Waals surface area contributed by atoms with E-state index >= 15 is 0 Å². The monoisotopic (exact) mass is 556 g/mol. The second-order valence-corrected chi connectivity index (χ2v) is 12.8. The van der Waals surface area contributed by atoms with E-state index in [4.69, 9.17) is 19.6 Å². The van der Waals surface area contributed by atoms with Crippen molar-refractivity contribution < 1.29 is 17.9 Å². The first-order valence-electron chi connectivity index (χ1n) is 13.2. The van der Waals surface area contributed by atoms with Gasteiger partial charge >= 0.3 is 0 Å². The molecule has 2 N–H and O–H groups in total. The fraction of sp³-hybridized carbons (Fsp3) is 0.464. The Bertz CT molecular complexity index is 1330. The summed E-state index contributed by atoms with van der Waals surface area (Å²) in [5, 5.41) is 8.23. The maximum absolute atomic E-state index is 11.9. The molecular formula is C28H36N4O4S2. The predicted molar refractivity (Wildman–Crippen MR) is 150 cm³/mol. The van der Waals surface area contributed by atoms with Gasteiger partial charge in [0.25, 0.3) is 0 Å². The van der Waals surface area contributed by atoms with Crippen molar-refractivity contribution in [3.8, 4) is 22.8 Å². The van der Waals surface area contributed by atoms with Gasteiger partial charge in [0.1, 0.15) is 18.1 Å². The molecule has 1 saturated carbocycles. The minimum Gasteiger partial charge on any atom is -0.492 e. The number of hydrogen-bond acceptors (Lipinski definition) is 8. The summed E-state index contributed by atoms with van der Waals surface area (Å²) in [6.07, 6.45) is 3.17. The van der Waals surface area contributed by atoms with E-state index in [1.54, 1.807) is 12.1 Å². The Morgan fingerprint density at radius 1 is 1.08 bits per heavy atom. The Labute approximate surface area is 229 Å². The van der Waals surface area contributed by atoms with E-state index in [9.17, 15) is 8.42 Å². The lowest BCUT2D eigenvalue weighted by Gasteiger charge is -2.34. The van der Waals surface area contributed by atoms with Crippen molar-refractivity contribution in [3.05, 3.63) is 58.4 Å². The van der Waals surface area contributed by atoms with E-state index in [0.717, 1.165) is 53.3 Å². The number of benzene rings is 2. The Kier molecular flexibility index (Phi) is 8.35. The van der Waals surface area contributed by atoms with Crippen LogP contribution in [-0.2, 0) is 16.4 Å². The van der Waals surface area contributed by atoms with Gasteiger partial charge in [0, 0.05) is 61.7 Å². The molecule has 204 valence electrons. The smallest absolute Gasteiger partial charge is 0.238 e. The molecule has 2 fully saturated rings. The number of ether oxygens (including phenoxy) is 2. The van der Waals surface area contributed by atoms with Crippen molar-refractivity contribution in [2.75, 3.05) is 39.3 Å². The molecule has 0 radical (unpaired) electrons. The second kappa shape index (κ2) is 11.7. The molecule has 0 spiro atoms. The zero-order chi connectivity index (χ0) is 26.7. The summed E-state index contributed by atoms with van der Waals surface area (Å²) in [6, 6.07) is 13.6. The normalized spacial score (nSPS) is 17.2. The third-order valence-corrected chi connectivity index (χ3v) is 8.67. The highest BCUT2D eigenvalue weighted by Gasteiger charge is 2.31. The minimum absolute atomic E-state index is 0.0424. The molecule has 0 atom stereocenters. The zero-order valence-electron chi connectivity index (χ0n) is 22.0. The third-order valence-electron chi connectivity index (χ3n) is 6.91. The van der Waals surface area contributed by atoms with Gasteiger partial charge in [-0.15, -0.1) is 11.3 Å². The van der Waals surface area contributed by atoms with Crippen LogP contribution in [0.15, 0.2) is 52.7 Å². The molecule has 0 unspecified atom stereocenters. The van der Waals surface area contributed by atoms with Crippen LogP contribution in [-0.4, -0.2) is 74.7 Å². The van der Waals surface area contributed by atoms with Crippen molar-refractivity contribution in [3.63, 3.8) is 0 Å². The predicted octanol–water partition coefficient (Wildman–Crippen LogP) is 3.99. The van der Waals surface area contributed by atoms with Gasteiger partial charge in [-0.3, -0.25) is 9.80 Å².